The second kappa shape index (κ2) is 9.28. The summed E-state index contributed by atoms with van der Waals surface area (Å²) in [5, 5.41) is 3.23. The first-order valence-electron chi connectivity index (χ1n) is 9.09. The number of nitrogens with zero attached hydrogens (tertiary/aromatic N) is 1. The number of benzene rings is 2. The summed E-state index contributed by atoms with van der Waals surface area (Å²) in [4.78, 5) is 12.5. The molecule has 3 rings (SSSR count). The number of halogens is 1. The number of hydrogen-bond acceptors (Lipinski definition) is 5. The van der Waals surface area contributed by atoms with Gasteiger partial charge in [-0.2, -0.15) is 11.8 Å². The number of carbonyl (C=O) groups is 1. The van der Waals surface area contributed by atoms with Gasteiger partial charge in [0.1, 0.15) is 5.75 Å². The fraction of sp³-hybridized carbons (Fsp3) is 0.350. The lowest BCUT2D eigenvalue weighted by atomic mass is 10.2. The summed E-state index contributed by atoms with van der Waals surface area (Å²) in [5.41, 5.74) is 2.82. The highest BCUT2D eigenvalue weighted by molar-refractivity contribution is 7.98. The second-order valence-corrected chi connectivity index (χ2v) is 10.3. The summed E-state index contributed by atoms with van der Waals surface area (Å²) in [6.45, 7) is 2.44. The number of anilines is 1. The predicted octanol–water partition coefficient (Wildman–Crippen LogP) is 3.23. The summed E-state index contributed by atoms with van der Waals surface area (Å²) in [5.74, 6) is 1.59. The van der Waals surface area contributed by atoms with Crippen LogP contribution >= 0.6 is 23.4 Å². The van der Waals surface area contributed by atoms with Crippen molar-refractivity contribution >= 4 is 45.0 Å². The van der Waals surface area contributed by atoms with E-state index in [4.69, 9.17) is 16.3 Å². The minimum atomic E-state index is -3.58. The summed E-state index contributed by atoms with van der Waals surface area (Å²) in [6.07, 6.45) is 0.181. The molecule has 0 unspecified atom stereocenters. The van der Waals surface area contributed by atoms with Crippen molar-refractivity contribution in [2.24, 2.45) is 0 Å². The first-order valence-corrected chi connectivity index (χ1v) is 12.5. The third kappa shape index (κ3) is 5.81. The van der Waals surface area contributed by atoms with Crippen LogP contribution in [0.5, 0.6) is 5.75 Å². The summed E-state index contributed by atoms with van der Waals surface area (Å²) in [6, 6.07) is 13.0. The molecule has 0 saturated heterocycles. The Morgan fingerprint density at radius 2 is 2.10 bits per heavy atom. The third-order valence-electron chi connectivity index (χ3n) is 4.38. The van der Waals surface area contributed by atoms with Crippen LogP contribution < -0.4 is 14.4 Å². The molecule has 0 radical (unpaired) electrons. The van der Waals surface area contributed by atoms with Crippen LogP contribution in [0.4, 0.5) is 5.69 Å². The fourth-order valence-corrected chi connectivity index (χ4v) is 4.91. The lowest BCUT2D eigenvalue weighted by molar-refractivity contribution is -0.127. The summed E-state index contributed by atoms with van der Waals surface area (Å²) in [7, 11) is -3.58. The molecule has 1 aliphatic rings. The van der Waals surface area contributed by atoms with E-state index in [1.54, 1.807) is 23.9 Å². The highest BCUT2D eigenvalue weighted by Crippen LogP contribution is 2.37. The zero-order valence-corrected chi connectivity index (χ0v) is 18.6. The number of amides is 1. The van der Waals surface area contributed by atoms with Crippen LogP contribution in [0.1, 0.15) is 11.1 Å². The Kier molecular flexibility index (Phi) is 6.97. The number of aryl methyl sites for hydroxylation is 1. The maximum Gasteiger partial charge on any atom is 0.263 e. The van der Waals surface area contributed by atoms with Gasteiger partial charge in [-0.1, -0.05) is 41.4 Å². The quantitative estimate of drug-likeness (QED) is 0.650. The smallest absolute Gasteiger partial charge is 0.263 e. The third-order valence-corrected chi connectivity index (χ3v) is 6.79. The minimum Gasteiger partial charge on any atom is -0.476 e. The zero-order valence-electron chi connectivity index (χ0n) is 16.2. The van der Waals surface area contributed by atoms with Gasteiger partial charge in [0.25, 0.3) is 5.91 Å². The molecule has 1 N–H and O–H groups in total. The van der Waals surface area contributed by atoms with E-state index < -0.39 is 16.1 Å². The maximum absolute atomic E-state index is 12.5. The molecular weight excluding hydrogens is 432 g/mol. The number of carbonyl (C=O) groups excluding carboxylic acids is 1. The molecule has 1 amide bonds. The molecule has 0 saturated carbocycles. The molecule has 1 heterocycles. The van der Waals surface area contributed by atoms with E-state index in [1.165, 1.54) is 17.2 Å². The first kappa shape index (κ1) is 21.8. The van der Waals surface area contributed by atoms with Crippen LogP contribution in [-0.2, 0) is 20.6 Å². The highest BCUT2D eigenvalue weighted by Gasteiger charge is 2.35. The van der Waals surface area contributed by atoms with E-state index in [1.807, 2.05) is 6.07 Å². The van der Waals surface area contributed by atoms with Gasteiger partial charge in [0.15, 0.2) is 6.10 Å². The van der Waals surface area contributed by atoms with E-state index >= 15 is 0 Å². The van der Waals surface area contributed by atoms with Gasteiger partial charge in [-0.05, 0) is 30.7 Å². The SMILES string of the molecule is Cc1cccc(CSCCNC(=O)[C@H]2CN(S(C)(=O)=O)c3cc(Cl)ccc3O2)c1. The Labute approximate surface area is 180 Å². The Morgan fingerprint density at radius 1 is 1.31 bits per heavy atom. The van der Waals surface area contributed by atoms with Crippen molar-refractivity contribution in [2.75, 3.05) is 29.4 Å². The molecule has 1 atom stereocenters. The summed E-state index contributed by atoms with van der Waals surface area (Å²) >= 11 is 7.71. The topological polar surface area (TPSA) is 75.7 Å². The van der Waals surface area contributed by atoms with Gasteiger partial charge in [-0.25, -0.2) is 8.42 Å². The lowest BCUT2D eigenvalue weighted by Crippen LogP contribution is -2.50. The van der Waals surface area contributed by atoms with Crippen molar-refractivity contribution < 1.29 is 17.9 Å². The Hall–Kier alpha value is -1.90. The molecule has 0 bridgehead atoms. The van der Waals surface area contributed by atoms with Crippen LogP contribution in [0.15, 0.2) is 42.5 Å². The molecule has 0 fully saturated rings. The van der Waals surface area contributed by atoms with Crippen molar-refractivity contribution in [3.8, 4) is 5.75 Å². The molecule has 0 spiro atoms. The molecule has 0 aliphatic carbocycles. The van der Waals surface area contributed by atoms with Crippen molar-refractivity contribution in [1.29, 1.82) is 0 Å². The Bertz CT molecular complexity index is 998. The van der Waals surface area contributed by atoms with Gasteiger partial charge in [0.05, 0.1) is 18.5 Å². The largest absolute Gasteiger partial charge is 0.476 e. The van der Waals surface area contributed by atoms with E-state index in [-0.39, 0.29) is 12.5 Å². The molecule has 1 aliphatic heterocycles. The van der Waals surface area contributed by atoms with Gasteiger partial charge >= 0.3 is 0 Å². The Morgan fingerprint density at radius 3 is 2.83 bits per heavy atom. The fourth-order valence-electron chi connectivity index (χ4n) is 3.03. The molecule has 6 nitrogen and oxygen atoms in total. The van der Waals surface area contributed by atoms with E-state index in [9.17, 15) is 13.2 Å². The van der Waals surface area contributed by atoms with Crippen molar-refractivity contribution in [3.05, 3.63) is 58.6 Å². The molecule has 29 heavy (non-hydrogen) atoms. The van der Waals surface area contributed by atoms with Crippen LogP contribution in [0.25, 0.3) is 0 Å². The standard InChI is InChI=1S/C20H23ClN2O4S2/c1-14-4-3-5-15(10-14)13-28-9-8-22-20(24)19-12-23(29(2,25)26)17-11-16(21)6-7-18(17)27-19/h3-7,10-11,19H,8-9,12-13H2,1-2H3,(H,22,24)/t19-/m1/s1. The Balaban J connectivity index is 1.55. The van der Waals surface area contributed by atoms with Crippen LogP contribution in [-0.4, -0.2) is 45.5 Å². The van der Waals surface area contributed by atoms with Gasteiger partial charge < -0.3 is 10.1 Å². The molecule has 9 heteroatoms. The van der Waals surface area contributed by atoms with Crippen LogP contribution in [0, 0.1) is 6.92 Å². The molecule has 2 aromatic carbocycles. The number of ether oxygens (including phenoxy) is 1. The zero-order chi connectivity index (χ0) is 21.0. The second-order valence-electron chi connectivity index (χ2n) is 6.85. The molecule has 2 aromatic rings. The highest BCUT2D eigenvalue weighted by atomic mass is 35.5. The van der Waals surface area contributed by atoms with Gasteiger partial charge in [0, 0.05) is 23.1 Å². The number of nitrogens with one attached hydrogen (secondary N) is 1. The monoisotopic (exact) mass is 454 g/mol. The van der Waals surface area contributed by atoms with Gasteiger partial charge in [0.2, 0.25) is 10.0 Å². The van der Waals surface area contributed by atoms with E-state index in [0.29, 0.717) is 23.0 Å². The normalized spacial score (nSPS) is 16.1. The van der Waals surface area contributed by atoms with Crippen molar-refractivity contribution in [3.63, 3.8) is 0 Å². The number of rotatable bonds is 7. The van der Waals surface area contributed by atoms with Crippen molar-refractivity contribution in [1.82, 2.24) is 5.32 Å². The summed E-state index contributed by atoms with van der Waals surface area (Å²) < 4.78 is 31.2. The number of thioether (sulfide) groups is 1. The van der Waals surface area contributed by atoms with Crippen molar-refractivity contribution in [2.45, 2.75) is 18.8 Å². The number of hydrogen-bond donors (Lipinski definition) is 1. The molecular formula is C20H23ClN2O4S2. The van der Waals surface area contributed by atoms with Gasteiger partial charge in [-0.15, -0.1) is 0 Å². The van der Waals surface area contributed by atoms with Crippen LogP contribution in [0.3, 0.4) is 0 Å². The molecule has 0 aromatic heterocycles. The average molecular weight is 455 g/mol. The molecule has 156 valence electrons. The number of fused-ring (bicyclic) bond motifs is 1. The van der Waals surface area contributed by atoms with Gasteiger partial charge in [-0.3, -0.25) is 9.10 Å². The van der Waals surface area contributed by atoms with E-state index in [0.717, 1.165) is 22.1 Å². The average Bonchev–Trinajstić information content (AvgIpc) is 2.66. The van der Waals surface area contributed by atoms with E-state index in [2.05, 4.69) is 30.4 Å². The maximum atomic E-state index is 12.5. The predicted molar refractivity (Wildman–Crippen MR) is 118 cm³/mol. The van der Waals surface area contributed by atoms with Crippen LogP contribution in [0.2, 0.25) is 5.02 Å². The lowest BCUT2D eigenvalue weighted by Gasteiger charge is -2.34. The minimum absolute atomic E-state index is 0.0888. The first-order chi connectivity index (χ1) is 13.7. The number of sulfonamides is 1.